The van der Waals surface area contributed by atoms with Crippen molar-refractivity contribution in [3.8, 4) is 0 Å². The number of hydrogen-bond donors (Lipinski definition) is 2. The summed E-state index contributed by atoms with van der Waals surface area (Å²) in [4.78, 5) is 3.34. The first-order chi connectivity index (χ1) is 7.31. The molecule has 0 unspecified atom stereocenters. The van der Waals surface area contributed by atoms with Crippen molar-refractivity contribution in [2.24, 2.45) is 5.73 Å². The van der Waals surface area contributed by atoms with Crippen LogP contribution in [0.3, 0.4) is 0 Å². The van der Waals surface area contributed by atoms with Gasteiger partial charge in [-0.05, 0) is 24.5 Å². The summed E-state index contributed by atoms with van der Waals surface area (Å²) >= 11 is 0. The molecule has 0 radical (unpaired) electrons. The van der Waals surface area contributed by atoms with E-state index in [1.54, 1.807) is 0 Å². The highest BCUT2D eigenvalue weighted by atomic mass is 19.4. The number of aromatic nitrogens is 1. The van der Waals surface area contributed by atoms with Crippen molar-refractivity contribution in [2.75, 3.05) is 0 Å². The second-order valence-electron chi connectivity index (χ2n) is 4.15. The molecule has 1 aromatic rings. The highest BCUT2D eigenvalue weighted by Crippen LogP contribution is 2.39. The molecule has 1 aliphatic carbocycles. The maximum atomic E-state index is 12.2. The smallest absolute Gasteiger partial charge is 0.393 e. The van der Waals surface area contributed by atoms with Crippen LogP contribution in [-0.2, 0) is 11.7 Å². The zero-order valence-electron chi connectivity index (χ0n) is 8.33. The quantitative estimate of drug-likeness (QED) is 0.769. The minimum absolute atomic E-state index is 0.361. The summed E-state index contributed by atoms with van der Waals surface area (Å²) in [6.07, 6.45) is -3.04. The Labute approximate surface area is 90.1 Å². The van der Waals surface area contributed by atoms with Gasteiger partial charge in [-0.1, -0.05) is 6.07 Å². The largest absolute Gasteiger partial charge is 0.433 e. The standard InChI is InChI=1S/C10H11F3N2O/c11-10(12,13)8-2-1-6(5-15-8)9(14)3-7(16)4-9/h1-2,5,7,16H,3-4,14H2. The summed E-state index contributed by atoms with van der Waals surface area (Å²) < 4.78 is 36.7. The van der Waals surface area contributed by atoms with Gasteiger partial charge in [-0.25, -0.2) is 0 Å². The maximum absolute atomic E-state index is 12.2. The van der Waals surface area contributed by atoms with Crippen LogP contribution < -0.4 is 5.73 Å². The first-order valence-corrected chi connectivity index (χ1v) is 4.82. The van der Waals surface area contributed by atoms with Gasteiger partial charge in [0.15, 0.2) is 0 Å². The fraction of sp³-hybridized carbons (Fsp3) is 0.500. The van der Waals surface area contributed by atoms with Gasteiger partial charge in [-0.3, -0.25) is 4.98 Å². The molecule has 0 saturated heterocycles. The number of aliphatic hydroxyl groups is 1. The molecule has 1 heterocycles. The van der Waals surface area contributed by atoms with E-state index in [0.717, 1.165) is 12.3 Å². The Hall–Kier alpha value is -1.14. The molecule has 1 aliphatic rings. The number of hydrogen-bond acceptors (Lipinski definition) is 3. The molecule has 6 heteroatoms. The van der Waals surface area contributed by atoms with Crippen molar-refractivity contribution in [1.29, 1.82) is 0 Å². The van der Waals surface area contributed by atoms with Gasteiger partial charge in [0.1, 0.15) is 5.69 Å². The molecule has 1 saturated carbocycles. The lowest BCUT2D eigenvalue weighted by atomic mass is 9.71. The monoisotopic (exact) mass is 232 g/mol. The van der Waals surface area contributed by atoms with Crippen LogP contribution >= 0.6 is 0 Å². The van der Waals surface area contributed by atoms with Gasteiger partial charge in [0.25, 0.3) is 0 Å². The lowest BCUT2D eigenvalue weighted by molar-refractivity contribution is -0.141. The Morgan fingerprint density at radius 3 is 2.38 bits per heavy atom. The van der Waals surface area contributed by atoms with Crippen molar-refractivity contribution in [1.82, 2.24) is 4.98 Å². The molecule has 1 fully saturated rings. The topological polar surface area (TPSA) is 59.1 Å². The van der Waals surface area contributed by atoms with Crippen molar-refractivity contribution < 1.29 is 18.3 Å². The zero-order valence-corrected chi connectivity index (χ0v) is 8.33. The highest BCUT2D eigenvalue weighted by Gasteiger charge is 2.42. The molecule has 0 amide bonds. The predicted octanol–water partition coefficient (Wildman–Crippen LogP) is 1.41. The molecule has 0 aliphatic heterocycles. The van der Waals surface area contributed by atoms with Gasteiger partial charge in [0, 0.05) is 11.7 Å². The minimum atomic E-state index is -4.43. The van der Waals surface area contributed by atoms with E-state index in [-0.39, 0.29) is 0 Å². The highest BCUT2D eigenvalue weighted by molar-refractivity contribution is 5.26. The number of pyridine rings is 1. The predicted molar refractivity (Wildman–Crippen MR) is 50.3 cm³/mol. The summed E-state index contributed by atoms with van der Waals surface area (Å²) in [7, 11) is 0. The van der Waals surface area contributed by atoms with Gasteiger partial charge in [-0.2, -0.15) is 13.2 Å². The van der Waals surface area contributed by atoms with Gasteiger partial charge >= 0.3 is 6.18 Å². The van der Waals surface area contributed by atoms with E-state index in [1.165, 1.54) is 6.07 Å². The average molecular weight is 232 g/mol. The SMILES string of the molecule is NC1(c2ccc(C(F)(F)F)nc2)CC(O)C1. The van der Waals surface area contributed by atoms with Crippen LogP contribution in [0.4, 0.5) is 13.2 Å². The van der Waals surface area contributed by atoms with Crippen molar-refractivity contribution in [3.05, 3.63) is 29.6 Å². The number of halogens is 3. The molecule has 0 aromatic carbocycles. The molecule has 88 valence electrons. The van der Waals surface area contributed by atoms with Crippen LogP contribution in [0.15, 0.2) is 18.3 Å². The van der Waals surface area contributed by atoms with Crippen LogP contribution in [0.1, 0.15) is 24.1 Å². The zero-order chi connectivity index (χ0) is 12.0. The van der Waals surface area contributed by atoms with Crippen LogP contribution in [0, 0.1) is 0 Å². The van der Waals surface area contributed by atoms with Gasteiger partial charge in [0.2, 0.25) is 0 Å². The van der Waals surface area contributed by atoms with Crippen molar-refractivity contribution >= 4 is 0 Å². The Kier molecular flexibility index (Phi) is 2.43. The minimum Gasteiger partial charge on any atom is -0.393 e. The summed E-state index contributed by atoms with van der Waals surface area (Å²) in [6, 6.07) is 2.23. The Morgan fingerprint density at radius 1 is 1.38 bits per heavy atom. The Balaban J connectivity index is 2.20. The summed E-state index contributed by atoms with van der Waals surface area (Å²) in [5.74, 6) is 0. The lowest BCUT2D eigenvalue weighted by Crippen LogP contribution is -2.51. The van der Waals surface area contributed by atoms with Crippen molar-refractivity contribution in [3.63, 3.8) is 0 Å². The second kappa shape index (κ2) is 3.43. The molecule has 0 atom stereocenters. The van der Waals surface area contributed by atoms with Crippen LogP contribution in [-0.4, -0.2) is 16.2 Å². The van der Waals surface area contributed by atoms with Gasteiger partial charge in [-0.15, -0.1) is 0 Å². The fourth-order valence-corrected chi connectivity index (χ4v) is 1.87. The van der Waals surface area contributed by atoms with Crippen molar-refractivity contribution in [2.45, 2.75) is 30.7 Å². The molecular formula is C10H11F3N2O. The molecule has 3 N–H and O–H groups in total. The number of alkyl halides is 3. The van der Waals surface area contributed by atoms with E-state index >= 15 is 0 Å². The fourth-order valence-electron chi connectivity index (χ4n) is 1.87. The summed E-state index contributed by atoms with van der Waals surface area (Å²) in [6.45, 7) is 0. The van der Waals surface area contributed by atoms with E-state index in [9.17, 15) is 13.2 Å². The normalized spacial score (nSPS) is 29.9. The first-order valence-electron chi connectivity index (χ1n) is 4.82. The van der Waals surface area contributed by atoms with Crippen LogP contribution in [0.5, 0.6) is 0 Å². The third kappa shape index (κ3) is 1.90. The van der Waals surface area contributed by atoms with E-state index in [1.807, 2.05) is 0 Å². The van der Waals surface area contributed by atoms with E-state index < -0.39 is 23.5 Å². The number of nitrogens with zero attached hydrogens (tertiary/aromatic N) is 1. The molecule has 2 rings (SSSR count). The van der Waals surface area contributed by atoms with E-state index in [2.05, 4.69) is 4.98 Å². The summed E-state index contributed by atoms with van der Waals surface area (Å²) in [5.41, 5.74) is 4.77. The number of rotatable bonds is 1. The van der Waals surface area contributed by atoms with Gasteiger partial charge in [0.05, 0.1) is 6.10 Å². The molecule has 1 aromatic heterocycles. The average Bonchev–Trinajstić information content (AvgIpc) is 2.14. The molecular weight excluding hydrogens is 221 g/mol. The van der Waals surface area contributed by atoms with E-state index in [0.29, 0.717) is 18.4 Å². The molecule has 16 heavy (non-hydrogen) atoms. The Morgan fingerprint density at radius 2 is 2.00 bits per heavy atom. The Bertz CT molecular complexity index is 382. The molecule has 3 nitrogen and oxygen atoms in total. The van der Waals surface area contributed by atoms with Crippen LogP contribution in [0.25, 0.3) is 0 Å². The van der Waals surface area contributed by atoms with E-state index in [4.69, 9.17) is 10.8 Å². The first kappa shape index (κ1) is 11.3. The third-order valence-corrected chi connectivity index (χ3v) is 2.83. The molecule has 0 bridgehead atoms. The second-order valence-corrected chi connectivity index (χ2v) is 4.15. The lowest BCUT2D eigenvalue weighted by Gasteiger charge is -2.42. The summed E-state index contributed by atoms with van der Waals surface area (Å²) in [5, 5.41) is 9.15. The number of aliphatic hydroxyl groups excluding tert-OH is 1. The molecule has 0 spiro atoms. The van der Waals surface area contributed by atoms with Gasteiger partial charge < -0.3 is 10.8 Å². The number of nitrogens with two attached hydrogens (primary N) is 1. The van der Waals surface area contributed by atoms with Crippen LogP contribution in [0.2, 0.25) is 0 Å². The maximum Gasteiger partial charge on any atom is 0.433 e. The third-order valence-electron chi connectivity index (χ3n) is 2.83.